The van der Waals surface area contributed by atoms with E-state index in [0.717, 1.165) is 31.5 Å². The maximum atomic E-state index is 14.6. The van der Waals surface area contributed by atoms with E-state index in [2.05, 4.69) is 35.2 Å². The number of aryl methyl sites for hydroxylation is 1. The van der Waals surface area contributed by atoms with Crippen LogP contribution in [0.1, 0.15) is 73.7 Å². The van der Waals surface area contributed by atoms with Crippen LogP contribution in [-0.4, -0.2) is 50.7 Å². The summed E-state index contributed by atoms with van der Waals surface area (Å²) in [6.45, 7) is 3.94. The van der Waals surface area contributed by atoms with Crippen LogP contribution < -0.4 is 9.46 Å². The molecule has 3 fully saturated rings. The minimum absolute atomic E-state index is 0.0906. The van der Waals surface area contributed by atoms with E-state index < -0.39 is 32.6 Å². The zero-order valence-corrected chi connectivity index (χ0v) is 23.9. The highest BCUT2D eigenvalue weighted by Crippen LogP contribution is 2.49. The fourth-order valence-corrected chi connectivity index (χ4v) is 7.73. The van der Waals surface area contributed by atoms with Gasteiger partial charge < -0.3 is 9.64 Å². The van der Waals surface area contributed by atoms with E-state index in [1.807, 2.05) is 4.72 Å². The zero-order valence-electron chi connectivity index (χ0n) is 22.3. The molecule has 39 heavy (non-hydrogen) atoms. The third kappa shape index (κ3) is 7.33. The van der Waals surface area contributed by atoms with Gasteiger partial charge in [0.1, 0.15) is 11.6 Å². The second-order valence-electron chi connectivity index (χ2n) is 11.6. The van der Waals surface area contributed by atoms with E-state index in [-0.39, 0.29) is 10.8 Å². The van der Waals surface area contributed by atoms with Crippen molar-refractivity contribution in [3.63, 3.8) is 0 Å². The summed E-state index contributed by atoms with van der Waals surface area (Å²) < 4.78 is 46.4. The molecule has 2 aromatic carbocycles. The summed E-state index contributed by atoms with van der Waals surface area (Å²) >= 11 is 6.26. The molecule has 2 saturated carbocycles. The zero-order chi connectivity index (χ0) is 27.5. The summed E-state index contributed by atoms with van der Waals surface area (Å²) in [7, 11) is -3.77. The molecule has 0 radical (unpaired) electrons. The van der Waals surface area contributed by atoms with Crippen LogP contribution >= 0.6 is 11.6 Å². The molecule has 6 nitrogen and oxygen atoms in total. The van der Waals surface area contributed by atoms with Gasteiger partial charge in [-0.3, -0.25) is 4.79 Å². The molecular formula is C30H38ClFN2O4S. The van der Waals surface area contributed by atoms with Crippen molar-refractivity contribution >= 4 is 27.5 Å². The predicted octanol–water partition coefficient (Wildman–Crippen LogP) is 5.99. The summed E-state index contributed by atoms with van der Waals surface area (Å²) in [5.74, 6) is -1.11. The molecule has 1 aliphatic heterocycles. The number of hydrogen-bond acceptors (Lipinski definition) is 5. The van der Waals surface area contributed by atoms with Gasteiger partial charge in [0.15, 0.2) is 0 Å². The monoisotopic (exact) mass is 576 g/mol. The topological polar surface area (TPSA) is 75.7 Å². The second-order valence-corrected chi connectivity index (χ2v) is 14.0. The molecule has 3 aliphatic rings. The fraction of sp³-hybridized carbons (Fsp3) is 0.567. The minimum atomic E-state index is -3.77. The third-order valence-electron chi connectivity index (χ3n) is 8.75. The number of hydrogen-bond donors (Lipinski definition) is 1. The van der Waals surface area contributed by atoms with Crippen molar-refractivity contribution in [1.29, 1.82) is 0 Å². The first-order valence-corrected chi connectivity index (χ1v) is 16.1. The Labute approximate surface area is 236 Å². The molecule has 1 amide bonds. The Morgan fingerprint density at radius 3 is 2.56 bits per heavy atom. The number of amides is 1. The van der Waals surface area contributed by atoms with Gasteiger partial charge in [0.2, 0.25) is 10.0 Å². The number of nitrogens with zero attached hydrogens (tertiary/aromatic N) is 1. The number of piperidine rings is 1. The summed E-state index contributed by atoms with van der Waals surface area (Å²) in [5.41, 5.74) is 1.46. The van der Waals surface area contributed by atoms with Gasteiger partial charge >= 0.3 is 0 Å². The van der Waals surface area contributed by atoms with Crippen molar-refractivity contribution in [2.45, 2.75) is 69.5 Å². The number of halogens is 2. The number of benzene rings is 2. The molecule has 0 bridgehead atoms. The summed E-state index contributed by atoms with van der Waals surface area (Å²) in [6.07, 6.45) is 10.4. The summed E-state index contributed by atoms with van der Waals surface area (Å²) in [6, 6.07) is 12.9. The Hall–Kier alpha value is -2.16. The smallest absolute Gasteiger partial charge is 0.267 e. The highest BCUT2D eigenvalue weighted by Gasteiger charge is 2.41. The standard InChI is InChI=1S/C30H38ClFN2O4S/c31-26-19-25(29(35)33-39(36,37)24-8-9-24)27(32)20-28(26)38-18-11-23-10-12-30(21-23)13-16-34(17-14-30)15-4-7-22-5-2-1-3-6-22/h1-3,5-6,19-20,23-24H,4,7-18,21H2,(H,33,35). The quantitative estimate of drug-likeness (QED) is 0.356. The van der Waals surface area contributed by atoms with Gasteiger partial charge in [0, 0.05) is 6.07 Å². The lowest BCUT2D eigenvalue weighted by molar-refractivity contribution is 0.0977. The number of carbonyl (C=O) groups is 1. The van der Waals surface area contributed by atoms with E-state index in [0.29, 0.717) is 30.8 Å². The molecule has 212 valence electrons. The lowest BCUT2D eigenvalue weighted by Crippen LogP contribution is -2.39. The highest BCUT2D eigenvalue weighted by atomic mass is 35.5. The van der Waals surface area contributed by atoms with E-state index in [1.165, 1.54) is 57.2 Å². The molecule has 1 spiro atoms. The molecule has 1 unspecified atom stereocenters. The first-order chi connectivity index (χ1) is 18.7. The van der Waals surface area contributed by atoms with Crippen LogP contribution in [0.2, 0.25) is 5.02 Å². The Morgan fingerprint density at radius 1 is 1.10 bits per heavy atom. The third-order valence-corrected chi connectivity index (χ3v) is 10.9. The largest absolute Gasteiger partial charge is 0.492 e. The van der Waals surface area contributed by atoms with Gasteiger partial charge in [-0.25, -0.2) is 17.5 Å². The summed E-state index contributed by atoms with van der Waals surface area (Å²) in [5, 5.41) is -0.484. The van der Waals surface area contributed by atoms with Crippen LogP contribution in [0, 0.1) is 17.2 Å². The molecular weight excluding hydrogens is 539 g/mol. The number of likely N-dealkylation sites (tertiary alicyclic amines) is 1. The van der Waals surface area contributed by atoms with Crippen LogP contribution in [0.3, 0.4) is 0 Å². The van der Waals surface area contributed by atoms with Crippen molar-refractivity contribution in [1.82, 2.24) is 9.62 Å². The van der Waals surface area contributed by atoms with Gasteiger partial charge in [-0.15, -0.1) is 0 Å². The Balaban J connectivity index is 1.04. The number of carbonyl (C=O) groups excluding carboxylic acids is 1. The molecule has 1 atom stereocenters. The maximum Gasteiger partial charge on any atom is 0.267 e. The molecule has 5 rings (SSSR count). The van der Waals surface area contributed by atoms with Gasteiger partial charge in [0.05, 0.1) is 22.4 Å². The number of sulfonamides is 1. The van der Waals surface area contributed by atoms with Crippen molar-refractivity contribution < 1.29 is 22.3 Å². The molecule has 2 aromatic rings. The Morgan fingerprint density at radius 2 is 1.85 bits per heavy atom. The van der Waals surface area contributed by atoms with E-state index in [1.54, 1.807) is 0 Å². The average Bonchev–Trinajstić information content (AvgIpc) is 3.71. The molecule has 9 heteroatoms. The predicted molar refractivity (Wildman–Crippen MR) is 151 cm³/mol. The van der Waals surface area contributed by atoms with E-state index >= 15 is 0 Å². The minimum Gasteiger partial charge on any atom is -0.492 e. The Bertz CT molecular complexity index is 1260. The van der Waals surface area contributed by atoms with Crippen LogP contribution in [0.4, 0.5) is 4.39 Å². The maximum absolute atomic E-state index is 14.6. The van der Waals surface area contributed by atoms with Crippen molar-refractivity contribution in [2.75, 3.05) is 26.2 Å². The van der Waals surface area contributed by atoms with Crippen molar-refractivity contribution in [3.05, 3.63) is 64.4 Å². The first kappa shape index (κ1) is 28.4. The lowest BCUT2D eigenvalue weighted by atomic mass is 9.76. The van der Waals surface area contributed by atoms with Gasteiger partial charge in [-0.2, -0.15) is 0 Å². The number of ether oxygens (including phenoxy) is 1. The van der Waals surface area contributed by atoms with Gasteiger partial charge in [-0.1, -0.05) is 41.9 Å². The lowest BCUT2D eigenvalue weighted by Gasteiger charge is -2.39. The van der Waals surface area contributed by atoms with Gasteiger partial charge in [0.25, 0.3) is 5.91 Å². The summed E-state index contributed by atoms with van der Waals surface area (Å²) in [4.78, 5) is 14.9. The first-order valence-electron chi connectivity index (χ1n) is 14.2. The molecule has 2 aliphatic carbocycles. The second kappa shape index (κ2) is 12.1. The van der Waals surface area contributed by atoms with Crippen LogP contribution in [0.25, 0.3) is 0 Å². The van der Waals surface area contributed by atoms with Crippen molar-refractivity contribution in [3.8, 4) is 5.75 Å². The van der Waals surface area contributed by atoms with Crippen molar-refractivity contribution in [2.24, 2.45) is 11.3 Å². The normalized spacial score (nSPS) is 21.2. The van der Waals surface area contributed by atoms with E-state index in [4.69, 9.17) is 16.3 Å². The Kier molecular flexibility index (Phi) is 8.84. The number of rotatable bonds is 11. The van der Waals surface area contributed by atoms with Gasteiger partial charge in [-0.05, 0) is 107 Å². The van der Waals surface area contributed by atoms with Crippen LogP contribution in [-0.2, 0) is 16.4 Å². The molecule has 1 saturated heterocycles. The fourth-order valence-electron chi connectivity index (χ4n) is 6.22. The number of nitrogens with one attached hydrogen (secondary N) is 1. The average molecular weight is 577 g/mol. The molecule has 1 heterocycles. The highest BCUT2D eigenvalue weighted by molar-refractivity contribution is 7.91. The van der Waals surface area contributed by atoms with E-state index in [9.17, 15) is 17.6 Å². The SMILES string of the molecule is O=C(NS(=O)(=O)C1CC1)c1cc(Cl)c(OCCC2CCC3(CCN(CCCc4ccccc4)CC3)C2)cc1F. The molecule has 0 aromatic heterocycles. The van der Waals surface area contributed by atoms with Crippen LogP contribution in [0.5, 0.6) is 5.75 Å². The van der Waals surface area contributed by atoms with Crippen LogP contribution in [0.15, 0.2) is 42.5 Å². The molecule has 1 N–H and O–H groups in total.